The van der Waals surface area contributed by atoms with Crippen LogP contribution in [0.25, 0.3) is 0 Å². The normalized spacial score (nSPS) is 23.4. The van der Waals surface area contributed by atoms with Crippen LogP contribution in [0.3, 0.4) is 0 Å². The molecule has 1 aliphatic carbocycles. The van der Waals surface area contributed by atoms with E-state index >= 15 is 0 Å². The zero-order chi connectivity index (χ0) is 17.2. The molecule has 1 aliphatic heterocycles. The van der Waals surface area contributed by atoms with Crippen molar-refractivity contribution in [1.29, 1.82) is 0 Å². The summed E-state index contributed by atoms with van der Waals surface area (Å²) in [5, 5.41) is 2.83. The summed E-state index contributed by atoms with van der Waals surface area (Å²) < 4.78 is 49.3. The van der Waals surface area contributed by atoms with Crippen molar-refractivity contribution in [2.75, 3.05) is 26.4 Å². The van der Waals surface area contributed by atoms with Crippen LogP contribution in [0.15, 0.2) is 24.3 Å². The van der Waals surface area contributed by atoms with Crippen LogP contribution in [0.4, 0.5) is 13.2 Å². The van der Waals surface area contributed by atoms with Crippen LogP contribution in [0.2, 0.25) is 0 Å². The first-order valence-corrected chi connectivity index (χ1v) is 8.06. The molecule has 0 aromatic heterocycles. The average molecular weight is 343 g/mol. The maximum Gasteiger partial charge on any atom is 0.416 e. The van der Waals surface area contributed by atoms with Gasteiger partial charge in [0.1, 0.15) is 0 Å². The van der Waals surface area contributed by atoms with E-state index in [9.17, 15) is 18.0 Å². The Morgan fingerprint density at radius 3 is 2.67 bits per heavy atom. The van der Waals surface area contributed by atoms with Crippen molar-refractivity contribution in [3.05, 3.63) is 35.4 Å². The number of amides is 1. The van der Waals surface area contributed by atoms with Crippen LogP contribution in [0.5, 0.6) is 0 Å². The summed E-state index contributed by atoms with van der Waals surface area (Å²) in [6.07, 6.45) is -2.54. The number of benzene rings is 1. The van der Waals surface area contributed by atoms with Crippen LogP contribution in [0, 0.1) is 0 Å². The highest BCUT2D eigenvalue weighted by Gasteiger charge is 2.41. The lowest BCUT2D eigenvalue weighted by Gasteiger charge is -2.43. The first-order chi connectivity index (χ1) is 11.4. The molecule has 0 spiro atoms. The van der Waals surface area contributed by atoms with E-state index in [4.69, 9.17) is 9.47 Å². The summed E-state index contributed by atoms with van der Waals surface area (Å²) in [4.78, 5) is 12.1. The SMILES string of the molecule is O=C(NCC1(c2cccc(C(F)(F)F)c2)CCC1)C1COCCO1. The molecule has 24 heavy (non-hydrogen) atoms. The van der Waals surface area contributed by atoms with Crippen molar-refractivity contribution in [2.24, 2.45) is 0 Å². The minimum absolute atomic E-state index is 0.211. The summed E-state index contributed by atoms with van der Waals surface area (Å²) in [5.41, 5.74) is -0.446. The van der Waals surface area contributed by atoms with E-state index in [0.717, 1.165) is 25.3 Å². The van der Waals surface area contributed by atoms with Gasteiger partial charge in [-0.1, -0.05) is 24.6 Å². The maximum absolute atomic E-state index is 12.9. The number of carbonyl (C=O) groups excluding carboxylic acids is 1. The van der Waals surface area contributed by atoms with Crippen LogP contribution < -0.4 is 5.32 Å². The van der Waals surface area contributed by atoms with E-state index in [1.54, 1.807) is 6.07 Å². The number of rotatable bonds is 4. The minimum Gasteiger partial charge on any atom is -0.376 e. The topological polar surface area (TPSA) is 47.6 Å². The molecule has 1 unspecified atom stereocenters. The summed E-state index contributed by atoms with van der Waals surface area (Å²) >= 11 is 0. The number of hydrogen-bond acceptors (Lipinski definition) is 3. The van der Waals surface area contributed by atoms with Gasteiger partial charge in [0.15, 0.2) is 6.10 Å². The molecule has 7 heteroatoms. The van der Waals surface area contributed by atoms with Gasteiger partial charge in [0.05, 0.1) is 25.4 Å². The molecule has 1 saturated heterocycles. The van der Waals surface area contributed by atoms with Gasteiger partial charge in [0, 0.05) is 12.0 Å². The third kappa shape index (κ3) is 3.57. The third-order valence-corrected chi connectivity index (χ3v) is 4.82. The number of hydrogen-bond donors (Lipinski definition) is 1. The molecule has 1 aromatic rings. The van der Waals surface area contributed by atoms with Crippen molar-refractivity contribution >= 4 is 5.91 Å². The molecule has 0 radical (unpaired) electrons. The van der Waals surface area contributed by atoms with Gasteiger partial charge < -0.3 is 14.8 Å². The molecular formula is C17H20F3NO3. The predicted octanol–water partition coefficient (Wildman–Crippen LogP) is 2.66. The van der Waals surface area contributed by atoms with E-state index in [0.29, 0.717) is 25.3 Å². The first-order valence-electron chi connectivity index (χ1n) is 8.06. The van der Waals surface area contributed by atoms with Crippen molar-refractivity contribution in [3.63, 3.8) is 0 Å². The third-order valence-electron chi connectivity index (χ3n) is 4.82. The van der Waals surface area contributed by atoms with E-state index in [1.165, 1.54) is 12.1 Å². The summed E-state index contributed by atoms with van der Waals surface area (Å²) in [6, 6.07) is 5.41. The van der Waals surface area contributed by atoms with Crippen molar-refractivity contribution in [3.8, 4) is 0 Å². The largest absolute Gasteiger partial charge is 0.416 e. The summed E-state index contributed by atoms with van der Waals surface area (Å²) in [5.74, 6) is -0.270. The zero-order valence-corrected chi connectivity index (χ0v) is 13.2. The molecule has 1 saturated carbocycles. The lowest BCUT2D eigenvalue weighted by atomic mass is 9.64. The van der Waals surface area contributed by atoms with E-state index in [1.807, 2.05) is 0 Å². The Balaban J connectivity index is 1.69. The lowest BCUT2D eigenvalue weighted by Crippen LogP contribution is -2.50. The van der Waals surface area contributed by atoms with Gasteiger partial charge in [-0.2, -0.15) is 13.2 Å². The molecule has 2 aliphatic rings. The quantitative estimate of drug-likeness (QED) is 0.914. The molecule has 2 fully saturated rings. The minimum atomic E-state index is -4.36. The molecule has 0 bridgehead atoms. The molecular weight excluding hydrogens is 323 g/mol. The van der Waals surface area contributed by atoms with Gasteiger partial charge in [-0.25, -0.2) is 0 Å². The summed E-state index contributed by atoms with van der Waals surface area (Å²) in [7, 11) is 0. The number of halogens is 3. The lowest BCUT2D eigenvalue weighted by molar-refractivity contribution is -0.148. The average Bonchev–Trinajstić information content (AvgIpc) is 2.54. The molecule has 132 valence electrons. The Bertz CT molecular complexity index is 593. The Morgan fingerprint density at radius 1 is 1.29 bits per heavy atom. The van der Waals surface area contributed by atoms with Crippen LogP contribution in [-0.2, 0) is 25.9 Å². The van der Waals surface area contributed by atoms with Gasteiger partial charge >= 0.3 is 6.18 Å². The number of carbonyl (C=O) groups is 1. The van der Waals surface area contributed by atoms with Gasteiger partial charge in [-0.05, 0) is 24.5 Å². The highest BCUT2D eigenvalue weighted by Crippen LogP contribution is 2.44. The Hall–Kier alpha value is -1.60. The smallest absolute Gasteiger partial charge is 0.376 e. The molecule has 1 atom stereocenters. The fourth-order valence-corrected chi connectivity index (χ4v) is 3.21. The molecule has 3 rings (SSSR count). The summed E-state index contributed by atoms with van der Waals surface area (Å²) in [6.45, 7) is 1.37. The molecule has 1 aromatic carbocycles. The van der Waals surface area contributed by atoms with Crippen LogP contribution in [0.1, 0.15) is 30.4 Å². The van der Waals surface area contributed by atoms with Gasteiger partial charge in [0.2, 0.25) is 0 Å². The number of nitrogens with one attached hydrogen (secondary N) is 1. The van der Waals surface area contributed by atoms with Crippen molar-refractivity contribution < 1.29 is 27.4 Å². The maximum atomic E-state index is 12.9. The van der Waals surface area contributed by atoms with Crippen LogP contribution in [-0.4, -0.2) is 38.4 Å². The van der Waals surface area contributed by atoms with Gasteiger partial charge in [0.25, 0.3) is 5.91 Å². The molecule has 4 nitrogen and oxygen atoms in total. The second kappa shape index (κ2) is 6.72. The van der Waals surface area contributed by atoms with Gasteiger partial charge in [-0.3, -0.25) is 4.79 Å². The van der Waals surface area contributed by atoms with Crippen LogP contribution >= 0.6 is 0 Å². The highest BCUT2D eigenvalue weighted by molar-refractivity contribution is 5.81. The zero-order valence-electron chi connectivity index (χ0n) is 13.2. The predicted molar refractivity (Wildman–Crippen MR) is 80.5 cm³/mol. The van der Waals surface area contributed by atoms with Gasteiger partial charge in [-0.15, -0.1) is 0 Å². The Labute approximate surface area is 138 Å². The standard InChI is InChI=1S/C17H20F3NO3/c18-17(19,20)13-4-1-3-12(9-13)16(5-2-6-16)11-21-15(22)14-10-23-7-8-24-14/h1,3-4,9,14H,2,5-8,10-11H2,(H,21,22). The monoisotopic (exact) mass is 343 g/mol. The van der Waals surface area contributed by atoms with E-state index < -0.39 is 23.3 Å². The van der Waals surface area contributed by atoms with E-state index in [2.05, 4.69) is 5.32 Å². The second-order valence-electron chi connectivity index (χ2n) is 6.36. The fraction of sp³-hybridized carbons (Fsp3) is 0.588. The first kappa shape index (κ1) is 17.2. The Kier molecular flexibility index (Phi) is 4.83. The molecule has 1 amide bonds. The number of ether oxygens (including phenoxy) is 2. The van der Waals surface area contributed by atoms with E-state index in [-0.39, 0.29) is 12.5 Å². The molecule has 1 N–H and O–H groups in total. The second-order valence-corrected chi connectivity index (χ2v) is 6.36. The highest BCUT2D eigenvalue weighted by atomic mass is 19.4. The Morgan fingerprint density at radius 2 is 2.08 bits per heavy atom. The van der Waals surface area contributed by atoms with Crippen molar-refractivity contribution in [2.45, 2.75) is 37.0 Å². The fourth-order valence-electron chi connectivity index (χ4n) is 3.21. The van der Waals surface area contributed by atoms with Crippen molar-refractivity contribution in [1.82, 2.24) is 5.32 Å². The number of alkyl halides is 3. The molecule has 1 heterocycles.